The molecule has 3 heteroatoms. The van der Waals surface area contributed by atoms with Crippen LogP contribution in [0.5, 0.6) is 0 Å². The Morgan fingerprint density at radius 2 is 2.00 bits per heavy atom. The average Bonchev–Trinajstić information content (AvgIpc) is 2.37. The van der Waals surface area contributed by atoms with E-state index in [0.29, 0.717) is 12.1 Å². The summed E-state index contributed by atoms with van der Waals surface area (Å²) in [7, 11) is 4.16. The zero-order valence-electron chi connectivity index (χ0n) is 12.1. The summed E-state index contributed by atoms with van der Waals surface area (Å²) in [6, 6.07) is 7.58. The predicted octanol–water partition coefficient (Wildman–Crippen LogP) is 4.35. The molecule has 1 aromatic rings. The third kappa shape index (κ3) is 3.72. The van der Waals surface area contributed by atoms with E-state index in [1.54, 1.807) is 0 Å². The molecule has 0 bridgehead atoms. The number of benzene rings is 1. The first-order valence-electron chi connectivity index (χ1n) is 6.70. The highest BCUT2D eigenvalue weighted by Gasteiger charge is 2.13. The summed E-state index contributed by atoms with van der Waals surface area (Å²) in [5.74, 6) is 0. The highest BCUT2D eigenvalue weighted by molar-refractivity contribution is 9.10. The van der Waals surface area contributed by atoms with Crippen molar-refractivity contribution in [3.05, 3.63) is 28.2 Å². The maximum Gasteiger partial charge on any atom is 0.0510 e. The van der Waals surface area contributed by atoms with Crippen molar-refractivity contribution >= 4 is 21.6 Å². The number of hydrogen-bond donors (Lipinski definition) is 1. The van der Waals surface area contributed by atoms with Crippen molar-refractivity contribution in [2.24, 2.45) is 0 Å². The van der Waals surface area contributed by atoms with Crippen LogP contribution in [0.2, 0.25) is 0 Å². The van der Waals surface area contributed by atoms with Gasteiger partial charge in [0.25, 0.3) is 0 Å². The van der Waals surface area contributed by atoms with Crippen LogP contribution in [0.1, 0.15) is 45.2 Å². The lowest BCUT2D eigenvalue weighted by Crippen LogP contribution is -2.28. The van der Waals surface area contributed by atoms with Crippen molar-refractivity contribution in [3.8, 4) is 0 Å². The molecule has 0 aliphatic heterocycles. The van der Waals surface area contributed by atoms with Crippen molar-refractivity contribution in [2.75, 3.05) is 19.0 Å². The Morgan fingerprint density at radius 3 is 2.50 bits per heavy atom. The second-order valence-corrected chi connectivity index (χ2v) is 5.82. The van der Waals surface area contributed by atoms with Gasteiger partial charge < -0.3 is 10.2 Å². The molecular formula is C15H25BrN2. The van der Waals surface area contributed by atoms with Crippen LogP contribution < -0.4 is 10.2 Å². The fraction of sp³-hybridized carbons (Fsp3) is 0.600. The van der Waals surface area contributed by atoms with E-state index in [-0.39, 0.29) is 0 Å². The summed E-state index contributed by atoms with van der Waals surface area (Å²) in [4.78, 5) is 2.35. The molecule has 1 N–H and O–H groups in total. The predicted molar refractivity (Wildman–Crippen MR) is 84.4 cm³/mol. The van der Waals surface area contributed by atoms with E-state index in [4.69, 9.17) is 0 Å². The number of halogens is 1. The van der Waals surface area contributed by atoms with Crippen LogP contribution in [0.4, 0.5) is 5.69 Å². The summed E-state index contributed by atoms with van der Waals surface area (Å²) in [5, 5.41) is 3.27. The molecule has 2 atom stereocenters. The first kappa shape index (κ1) is 15.5. The van der Waals surface area contributed by atoms with Crippen LogP contribution in [0.3, 0.4) is 0 Å². The maximum atomic E-state index is 3.70. The SMILES string of the molecule is CCCC(C)N(C)c1ccc(C(C)NC)cc1Br. The first-order chi connectivity index (χ1) is 8.51. The highest BCUT2D eigenvalue weighted by atomic mass is 79.9. The van der Waals surface area contributed by atoms with Crippen molar-refractivity contribution in [1.29, 1.82) is 0 Å². The lowest BCUT2D eigenvalue weighted by molar-refractivity contribution is 0.614. The average molecular weight is 313 g/mol. The van der Waals surface area contributed by atoms with Crippen molar-refractivity contribution in [1.82, 2.24) is 5.32 Å². The van der Waals surface area contributed by atoms with Gasteiger partial charge in [-0.15, -0.1) is 0 Å². The minimum Gasteiger partial charge on any atom is -0.371 e. The number of nitrogens with zero attached hydrogens (tertiary/aromatic N) is 1. The van der Waals surface area contributed by atoms with Crippen molar-refractivity contribution < 1.29 is 0 Å². The van der Waals surface area contributed by atoms with Gasteiger partial charge in [-0.25, -0.2) is 0 Å². The van der Waals surface area contributed by atoms with E-state index >= 15 is 0 Å². The van der Waals surface area contributed by atoms with Crippen LogP contribution >= 0.6 is 15.9 Å². The Kier molecular flexibility index (Phi) is 6.16. The quantitative estimate of drug-likeness (QED) is 0.840. The van der Waals surface area contributed by atoms with E-state index < -0.39 is 0 Å². The number of anilines is 1. The van der Waals surface area contributed by atoms with E-state index in [1.165, 1.54) is 28.6 Å². The van der Waals surface area contributed by atoms with Crippen molar-refractivity contribution in [3.63, 3.8) is 0 Å². The molecule has 0 heterocycles. The van der Waals surface area contributed by atoms with Gasteiger partial charge in [-0.05, 0) is 60.9 Å². The molecule has 0 saturated carbocycles. The van der Waals surface area contributed by atoms with Gasteiger partial charge in [0.1, 0.15) is 0 Å². The van der Waals surface area contributed by atoms with E-state index in [0.717, 1.165) is 0 Å². The second-order valence-electron chi connectivity index (χ2n) is 4.97. The molecule has 1 aromatic carbocycles. The van der Waals surface area contributed by atoms with Gasteiger partial charge in [-0.2, -0.15) is 0 Å². The van der Waals surface area contributed by atoms with Gasteiger partial charge in [-0.3, -0.25) is 0 Å². The highest BCUT2D eigenvalue weighted by Crippen LogP contribution is 2.30. The smallest absolute Gasteiger partial charge is 0.0510 e. The zero-order valence-corrected chi connectivity index (χ0v) is 13.7. The largest absolute Gasteiger partial charge is 0.371 e. The minimum absolute atomic E-state index is 0.383. The van der Waals surface area contributed by atoms with Crippen LogP contribution in [0.25, 0.3) is 0 Å². The molecule has 2 unspecified atom stereocenters. The molecule has 18 heavy (non-hydrogen) atoms. The molecular weight excluding hydrogens is 288 g/mol. The molecule has 0 aliphatic rings. The molecule has 1 rings (SSSR count). The van der Waals surface area contributed by atoms with Crippen LogP contribution in [-0.2, 0) is 0 Å². The Hall–Kier alpha value is -0.540. The third-order valence-electron chi connectivity index (χ3n) is 3.65. The molecule has 0 aromatic heterocycles. The molecule has 0 aliphatic carbocycles. The Morgan fingerprint density at radius 1 is 1.33 bits per heavy atom. The van der Waals surface area contributed by atoms with Gasteiger partial charge in [0.2, 0.25) is 0 Å². The van der Waals surface area contributed by atoms with Gasteiger partial charge in [-0.1, -0.05) is 19.4 Å². The molecule has 0 spiro atoms. The molecule has 0 radical (unpaired) electrons. The molecule has 0 saturated heterocycles. The summed E-state index contributed by atoms with van der Waals surface area (Å²) < 4.78 is 1.17. The van der Waals surface area contributed by atoms with Gasteiger partial charge in [0, 0.05) is 23.6 Å². The van der Waals surface area contributed by atoms with E-state index in [1.807, 2.05) is 7.05 Å². The monoisotopic (exact) mass is 312 g/mol. The van der Waals surface area contributed by atoms with Crippen LogP contribution in [-0.4, -0.2) is 20.1 Å². The number of hydrogen-bond acceptors (Lipinski definition) is 2. The topological polar surface area (TPSA) is 15.3 Å². The van der Waals surface area contributed by atoms with Gasteiger partial charge in [0.15, 0.2) is 0 Å². The lowest BCUT2D eigenvalue weighted by atomic mass is 10.1. The summed E-state index contributed by atoms with van der Waals surface area (Å²) in [6.07, 6.45) is 2.44. The second kappa shape index (κ2) is 7.15. The molecule has 102 valence electrons. The first-order valence-corrected chi connectivity index (χ1v) is 7.50. The van der Waals surface area contributed by atoms with Gasteiger partial charge >= 0.3 is 0 Å². The summed E-state index contributed by atoms with van der Waals surface area (Å²) in [5.41, 5.74) is 2.58. The van der Waals surface area contributed by atoms with E-state index in [9.17, 15) is 0 Å². The summed E-state index contributed by atoms with van der Waals surface area (Å²) >= 11 is 3.70. The third-order valence-corrected chi connectivity index (χ3v) is 4.29. The fourth-order valence-corrected chi connectivity index (χ4v) is 2.77. The number of nitrogens with one attached hydrogen (secondary N) is 1. The molecule has 0 amide bonds. The lowest BCUT2D eigenvalue weighted by Gasteiger charge is -2.28. The van der Waals surface area contributed by atoms with Crippen LogP contribution in [0.15, 0.2) is 22.7 Å². The fourth-order valence-electron chi connectivity index (χ4n) is 2.09. The normalized spacial score (nSPS) is 14.3. The molecule has 2 nitrogen and oxygen atoms in total. The minimum atomic E-state index is 0.383. The summed E-state index contributed by atoms with van der Waals surface area (Å²) in [6.45, 7) is 6.68. The van der Waals surface area contributed by atoms with E-state index in [2.05, 4.69) is 72.2 Å². The van der Waals surface area contributed by atoms with Crippen LogP contribution in [0, 0.1) is 0 Å². The Balaban J connectivity index is 2.91. The standard InChI is InChI=1S/C15H25BrN2/c1-6-7-11(2)18(5)15-9-8-13(10-14(15)16)12(3)17-4/h8-12,17H,6-7H2,1-5H3. The Labute approximate surface area is 120 Å². The Bertz CT molecular complexity index is 379. The van der Waals surface area contributed by atoms with Gasteiger partial charge in [0.05, 0.1) is 5.69 Å². The van der Waals surface area contributed by atoms with Crippen molar-refractivity contribution in [2.45, 2.75) is 45.7 Å². The maximum absolute atomic E-state index is 3.70. The zero-order chi connectivity index (χ0) is 13.7. The molecule has 0 fully saturated rings. The number of rotatable bonds is 6.